The summed E-state index contributed by atoms with van der Waals surface area (Å²) < 4.78 is 1.60. The molecule has 0 saturated heterocycles. The van der Waals surface area contributed by atoms with Gasteiger partial charge < -0.3 is 10.8 Å². The van der Waals surface area contributed by atoms with Crippen LogP contribution in [0.1, 0.15) is 11.3 Å². The van der Waals surface area contributed by atoms with Crippen LogP contribution in [-0.4, -0.2) is 21.5 Å². The number of rotatable bonds is 4. The van der Waals surface area contributed by atoms with Crippen molar-refractivity contribution < 1.29 is 5.11 Å². The molecule has 2 rings (SSSR count). The number of nitrogens with two attached hydrogens (primary N) is 1. The van der Waals surface area contributed by atoms with Gasteiger partial charge >= 0.3 is 0 Å². The van der Waals surface area contributed by atoms with Crippen LogP contribution in [-0.2, 0) is 13.0 Å². The average Bonchev–Trinajstić information content (AvgIpc) is 2.63. The molecule has 0 fully saturated rings. The third kappa shape index (κ3) is 2.99. The molecule has 0 amide bonds. The van der Waals surface area contributed by atoms with Crippen molar-refractivity contribution in [2.75, 3.05) is 12.3 Å². The zero-order valence-electron chi connectivity index (χ0n) is 9.31. The lowest BCUT2D eigenvalue weighted by atomic mass is 10.1. The zero-order valence-corrected chi connectivity index (χ0v) is 10.1. The Morgan fingerprint density at radius 2 is 2.00 bits per heavy atom. The van der Waals surface area contributed by atoms with E-state index in [1.807, 2.05) is 30.3 Å². The molecule has 17 heavy (non-hydrogen) atoms. The minimum Gasteiger partial charge on any atom is -0.394 e. The van der Waals surface area contributed by atoms with Crippen LogP contribution in [0.2, 0.25) is 5.02 Å². The van der Waals surface area contributed by atoms with Gasteiger partial charge in [-0.15, -0.1) is 0 Å². The van der Waals surface area contributed by atoms with Crippen molar-refractivity contribution in [3.63, 3.8) is 0 Å². The fourth-order valence-electron chi connectivity index (χ4n) is 1.66. The Hall–Kier alpha value is -1.52. The SMILES string of the molecule is Nc1cc(Cc2ccc(Cl)cc2)nn1CCO. The first-order valence-electron chi connectivity index (χ1n) is 5.36. The molecule has 0 aliphatic carbocycles. The molecular formula is C12H14ClN3O. The molecule has 4 nitrogen and oxygen atoms in total. The summed E-state index contributed by atoms with van der Waals surface area (Å²) in [6.45, 7) is 0.457. The highest BCUT2D eigenvalue weighted by atomic mass is 35.5. The number of hydrogen-bond acceptors (Lipinski definition) is 3. The van der Waals surface area contributed by atoms with E-state index in [2.05, 4.69) is 5.10 Å². The van der Waals surface area contributed by atoms with Gasteiger partial charge in [-0.2, -0.15) is 5.10 Å². The number of hydrogen-bond donors (Lipinski definition) is 2. The maximum Gasteiger partial charge on any atom is 0.122 e. The van der Waals surface area contributed by atoms with E-state index in [1.54, 1.807) is 4.68 Å². The molecule has 3 N–H and O–H groups in total. The van der Waals surface area contributed by atoms with Crippen molar-refractivity contribution >= 4 is 17.4 Å². The first kappa shape index (κ1) is 12.0. The highest BCUT2D eigenvalue weighted by Crippen LogP contribution is 2.14. The number of halogens is 1. The van der Waals surface area contributed by atoms with Crippen molar-refractivity contribution in [1.29, 1.82) is 0 Å². The highest BCUT2D eigenvalue weighted by Gasteiger charge is 2.05. The minimum atomic E-state index is 0.0340. The van der Waals surface area contributed by atoms with Crippen LogP contribution in [0.15, 0.2) is 30.3 Å². The van der Waals surface area contributed by atoms with Crippen molar-refractivity contribution in [3.8, 4) is 0 Å². The van der Waals surface area contributed by atoms with Crippen LogP contribution < -0.4 is 5.73 Å². The lowest BCUT2D eigenvalue weighted by molar-refractivity contribution is 0.270. The van der Waals surface area contributed by atoms with Gasteiger partial charge in [0.2, 0.25) is 0 Å². The highest BCUT2D eigenvalue weighted by molar-refractivity contribution is 6.30. The van der Waals surface area contributed by atoms with E-state index in [4.69, 9.17) is 22.4 Å². The van der Waals surface area contributed by atoms with Crippen LogP contribution in [0, 0.1) is 0 Å². The fourth-order valence-corrected chi connectivity index (χ4v) is 1.78. The molecular weight excluding hydrogens is 238 g/mol. The number of aromatic nitrogens is 2. The van der Waals surface area contributed by atoms with Crippen molar-refractivity contribution in [1.82, 2.24) is 9.78 Å². The van der Waals surface area contributed by atoms with E-state index in [-0.39, 0.29) is 6.61 Å². The molecule has 0 unspecified atom stereocenters. The Morgan fingerprint density at radius 1 is 1.29 bits per heavy atom. The molecule has 1 aromatic heterocycles. The van der Waals surface area contributed by atoms with E-state index in [0.29, 0.717) is 18.8 Å². The maximum absolute atomic E-state index is 8.84. The Bertz CT molecular complexity index is 493. The van der Waals surface area contributed by atoms with Gasteiger partial charge in [-0.1, -0.05) is 23.7 Å². The first-order valence-corrected chi connectivity index (χ1v) is 5.74. The van der Waals surface area contributed by atoms with Crippen LogP contribution in [0.25, 0.3) is 0 Å². The summed E-state index contributed by atoms with van der Waals surface area (Å²) >= 11 is 5.82. The van der Waals surface area contributed by atoms with Gasteiger partial charge in [0.05, 0.1) is 18.8 Å². The molecule has 0 aliphatic heterocycles. The molecule has 1 aromatic carbocycles. The molecule has 0 spiro atoms. The minimum absolute atomic E-state index is 0.0340. The molecule has 90 valence electrons. The quantitative estimate of drug-likeness (QED) is 0.869. The summed E-state index contributed by atoms with van der Waals surface area (Å²) in [5, 5.41) is 13.9. The number of aliphatic hydroxyl groups is 1. The Labute approximate surface area is 105 Å². The number of anilines is 1. The molecule has 0 saturated carbocycles. The summed E-state index contributed by atoms with van der Waals surface area (Å²) in [6, 6.07) is 9.45. The van der Waals surface area contributed by atoms with Gasteiger partial charge in [0, 0.05) is 17.5 Å². The van der Waals surface area contributed by atoms with E-state index in [0.717, 1.165) is 16.3 Å². The third-order valence-corrected chi connectivity index (χ3v) is 2.72. The lowest BCUT2D eigenvalue weighted by Gasteiger charge is -2.00. The van der Waals surface area contributed by atoms with E-state index < -0.39 is 0 Å². The Morgan fingerprint density at radius 3 is 2.65 bits per heavy atom. The summed E-state index contributed by atoms with van der Waals surface area (Å²) in [4.78, 5) is 0. The molecule has 0 atom stereocenters. The topological polar surface area (TPSA) is 64.1 Å². The largest absolute Gasteiger partial charge is 0.394 e. The van der Waals surface area contributed by atoms with Gasteiger partial charge in [0.15, 0.2) is 0 Å². The van der Waals surface area contributed by atoms with E-state index in [9.17, 15) is 0 Å². The Kier molecular flexibility index (Phi) is 3.66. The zero-order chi connectivity index (χ0) is 12.3. The monoisotopic (exact) mass is 251 g/mol. The van der Waals surface area contributed by atoms with Gasteiger partial charge in [0.25, 0.3) is 0 Å². The van der Waals surface area contributed by atoms with Gasteiger partial charge in [-0.25, -0.2) is 4.68 Å². The van der Waals surface area contributed by atoms with Crippen molar-refractivity contribution in [2.45, 2.75) is 13.0 Å². The Balaban J connectivity index is 2.13. The third-order valence-electron chi connectivity index (χ3n) is 2.47. The number of aliphatic hydroxyl groups excluding tert-OH is 1. The van der Waals surface area contributed by atoms with Gasteiger partial charge in [-0.05, 0) is 17.7 Å². The smallest absolute Gasteiger partial charge is 0.122 e. The number of nitrogens with zero attached hydrogens (tertiary/aromatic N) is 2. The van der Waals surface area contributed by atoms with Gasteiger partial charge in [0.1, 0.15) is 5.82 Å². The van der Waals surface area contributed by atoms with Crippen molar-refractivity contribution in [3.05, 3.63) is 46.6 Å². The predicted octanol–water partition coefficient (Wildman–Crippen LogP) is 1.70. The average molecular weight is 252 g/mol. The standard InChI is InChI=1S/C12H14ClN3O/c13-10-3-1-9(2-4-10)7-11-8-12(14)16(15-11)5-6-17/h1-4,8,17H,5-7,14H2. The molecule has 0 radical (unpaired) electrons. The molecule has 0 aliphatic rings. The number of benzene rings is 1. The van der Waals surface area contributed by atoms with Crippen LogP contribution >= 0.6 is 11.6 Å². The van der Waals surface area contributed by atoms with Crippen LogP contribution in [0.3, 0.4) is 0 Å². The van der Waals surface area contributed by atoms with E-state index >= 15 is 0 Å². The lowest BCUT2D eigenvalue weighted by Crippen LogP contribution is -2.07. The number of nitrogen functional groups attached to an aromatic ring is 1. The molecule has 5 heteroatoms. The summed E-state index contributed by atoms with van der Waals surface area (Å²) in [7, 11) is 0. The van der Waals surface area contributed by atoms with Crippen LogP contribution in [0.5, 0.6) is 0 Å². The second-order valence-corrected chi connectivity index (χ2v) is 4.25. The molecule has 2 aromatic rings. The second-order valence-electron chi connectivity index (χ2n) is 3.81. The summed E-state index contributed by atoms with van der Waals surface area (Å²) in [5.74, 6) is 0.572. The summed E-state index contributed by atoms with van der Waals surface area (Å²) in [6.07, 6.45) is 0.708. The predicted molar refractivity (Wildman–Crippen MR) is 68.0 cm³/mol. The molecule has 0 bridgehead atoms. The second kappa shape index (κ2) is 5.21. The van der Waals surface area contributed by atoms with Crippen molar-refractivity contribution in [2.24, 2.45) is 0 Å². The van der Waals surface area contributed by atoms with Gasteiger partial charge in [-0.3, -0.25) is 0 Å². The maximum atomic E-state index is 8.84. The normalized spacial score (nSPS) is 10.7. The summed E-state index contributed by atoms with van der Waals surface area (Å²) in [5.41, 5.74) is 7.79. The molecule has 1 heterocycles. The van der Waals surface area contributed by atoms with E-state index in [1.165, 1.54) is 0 Å². The van der Waals surface area contributed by atoms with Crippen LogP contribution in [0.4, 0.5) is 5.82 Å². The first-order chi connectivity index (χ1) is 8.19. The fraction of sp³-hybridized carbons (Fsp3) is 0.250.